The molecule has 1 heterocycles. The van der Waals surface area contributed by atoms with Crippen LogP contribution in [0.2, 0.25) is 5.02 Å². The zero-order valence-corrected chi connectivity index (χ0v) is 10.5. The molecule has 84 valence electrons. The molecule has 0 bridgehead atoms. The molecule has 1 aromatic rings. The minimum absolute atomic E-state index is 0.258. The van der Waals surface area contributed by atoms with Gasteiger partial charge >= 0.3 is 5.69 Å². The Hall–Kier alpha value is -0.480. The van der Waals surface area contributed by atoms with Gasteiger partial charge in [-0.3, -0.25) is 4.57 Å². The predicted molar refractivity (Wildman–Crippen MR) is 65.7 cm³/mol. The third-order valence-corrected chi connectivity index (χ3v) is 3.10. The van der Waals surface area contributed by atoms with E-state index in [9.17, 15) is 4.79 Å². The zero-order chi connectivity index (χ0) is 11.4. The predicted octanol–water partition coefficient (Wildman–Crippen LogP) is 2.10. The lowest BCUT2D eigenvalue weighted by Gasteiger charge is -2.19. The summed E-state index contributed by atoms with van der Waals surface area (Å²) in [4.78, 5) is 15.1. The zero-order valence-electron chi connectivity index (χ0n) is 8.85. The van der Waals surface area contributed by atoms with Gasteiger partial charge in [-0.15, -0.1) is 0 Å². The molecule has 1 aromatic heterocycles. The summed E-state index contributed by atoms with van der Waals surface area (Å²) in [5.41, 5.74) is -0.258. The molecule has 0 N–H and O–H groups in total. The lowest BCUT2D eigenvalue weighted by atomic mass is 9.98. The van der Waals surface area contributed by atoms with Crippen LogP contribution in [0.15, 0.2) is 17.2 Å². The van der Waals surface area contributed by atoms with Gasteiger partial charge in [0, 0.05) is 12.7 Å². The van der Waals surface area contributed by atoms with E-state index in [0.29, 0.717) is 23.4 Å². The lowest BCUT2D eigenvalue weighted by molar-refractivity contribution is 0.365. The normalized spacial score (nSPS) is 13.1. The van der Waals surface area contributed by atoms with Crippen molar-refractivity contribution in [3.63, 3.8) is 0 Å². The van der Waals surface area contributed by atoms with E-state index in [4.69, 9.17) is 11.6 Å². The molecule has 1 unspecified atom stereocenters. The minimum Gasteiger partial charge on any atom is -0.297 e. The number of hydrogen-bond donors (Lipinski definition) is 1. The van der Waals surface area contributed by atoms with Crippen LogP contribution < -0.4 is 5.69 Å². The van der Waals surface area contributed by atoms with Crippen molar-refractivity contribution in [3.8, 4) is 0 Å². The van der Waals surface area contributed by atoms with Crippen LogP contribution in [-0.2, 0) is 6.54 Å². The molecule has 1 rings (SSSR count). The van der Waals surface area contributed by atoms with E-state index in [-0.39, 0.29) is 5.69 Å². The van der Waals surface area contributed by atoms with Crippen LogP contribution >= 0.6 is 24.2 Å². The first-order chi connectivity index (χ1) is 7.04. The van der Waals surface area contributed by atoms with Gasteiger partial charge in [-0.25, -0.2) is 9.78 Å². The van der Waals surface area contributed by atoms with E-state index < -0.39 is 0 Å². The van der Waals surface area contributed by atoms with E-state index in [1.54, 1.807) is 10.8 Å². The maximum Gasteiger partial charge on any atom is 0.347 e. The second kappa shape index (κ2) is 5.56. The molecule has 0 spiro atoms. The molecule has 0 amide bonds. The molecule has 0 aliphatic rings. The molecule has 0 radical (unpaired) electrons. The van der Waals surface area contributed by atoms with Gasteiger partial charge in [0.2, 0.25) is 0 Å². The fourth-order valence-electron chi connectivity index (χ4n) is 1.29. The van der Waals surface area contributed by atoms with E-state index in [1.807, 2.05) is 0 Å². The summed E-state index contributed by atoms with van der Waals surface area (Å²) < 4.78 is 1.54. The van der Waals surface area contributed by atoms with Crippen molar-refractivity contribution in [2.45, 2.75) is 20.4 Å². The van der Waals surface area contributed by atoms with Crippen molar-refractivity contribution in [1.29, 1.82) is 0 Å². The molecule has 5 heteroatoms. The fraction of sp³-hybridized carbons (Fsp3) is 0.600. The van der Waals surface area contributed by atoms with E-state index in [0.717, 1.165) is 5.75 Å². The van der Waals surface area contributed by atoms with Crippen LogP contribution in [0.4, 0.5) is 0 Å². The summed E-state index contributed by atoms with van der Waals surface area (Å²) in [6.45, 7) is 4.85. The molecule has 15 heavy (non-hydrogen) atoms. The highest BCUT2D eigenvalue weighted by molar-refractivity contribution is 7.80. The third-order valence-electron chi connectivity index (χ3n) is 2.43. The molecular formula is C10H15ClN2OS. The Kier molecular flexibility index (Phi) is 4.67. The summed E-state index contributed by atoms with van der Waals surface area (Å²) in [7, 11) is 0. The Morgan fingerprint density at radius 3 is 2.80 bits per heavy atom. The van der Waals surface area contributed by atoms with Gasteiger partial charge in [0.1, 0.15) is 0 Å². The number of aromatic nitrogens is 2. The van der Waals surface area contributed by atoms with Gasteiger partial charge in [0.05, 0.1) is 11.2 Å². The average molecular weight is 247 g/mol. The van der Waals surface area contributed by atoms with Crippen LogP contribution in [0.3, 0.4) is 0 Å². The molecule has 0 aliphatic heterocycles. The average Bonchev–Trinajstić information content (AvgIpc) is 2.18. The molecule has 0 aliphatic carbocycles. The van der Waals surface area contributed by atoms with Gasteiger partial charge in [-0.05, 0) is 17.6 Å². The fourth-order valence-corrected chi connectivity index (χ4v) is 1.99. The van der Waals surface area contributed by atoms with E-state index in [1.165, 1.54) is 6.20 Å². The summed E-state index contributed by atoms with van der Waals surface area (Å²) in [6.07, 6.45) is 2.99. The highest BCUT2D eigenvalue weighted by Gasteiger charge is 2.13. The molecule has 0 saturated heterocycles. The minimum atomic E-state index is -0.258. The number of nitrogens with zero attached hydrogens (tertiary/aromatic N) is 2. The summed E-state index contributed by atoms with van der Waals surface area (Å²) in [5.74, 6) is 1.58. The molecule has 3 nitrogen and oxygen atoms in total. The van der Waals surface area contributed by atoms with Crippen molar-refractivity contribution < 1.29 is 0 Å². The van der Waals surface area contributed by atoms with Crippen molar-refractivity contribution in [3.05, 3.63) is 27.9 Å². The Balaban J connectivity index is 2.87. The van der Waals surface area contributed by atoms with Crippen LogP contribution in [0, 0.1) is 11.8 Å². The first-order valence-electron chi connectivity index (χ1n) is 4.87. The maximum absolute atomic E-state index is 11.4. The molecular weight excluding hydrogens is 232 g/mol. The molecule has 0 fully saturated rings. The Labute approximate surface area is 99.9 Å². The first kappa shape index (κ1) is 12.6. The van der Waals surface area contributed by atoms with E-state index >= 15 is 0 Å². The summed E-state index contributed by atoms with van der Waals surface area (Å²) in [6, 6.07) is 0. The van der Waals surface area contributed by atoms with Crippen LogP contribution in [-0.4, -0.2) is 15.3 Å². The third kappa shape index (κ3) is 3.54. The second-order valence-electron chi connectivity index (χ2n) is 3.89. The number of hydrogen-bond acceptors (Lipinski definition) is 3. The van der Waals surface area contributed by atoms with Crippen molar-refractivity contribution >= 4 is 24.2 Å². The quantitative estimate of drug-likeness (QED) is 0.826. The maximum atomic E-state index is 11.4. The first-order valence-corrected chi connectivity index (χ1v) is 5.88. The summed E-state index contributed by atoms with van der Waals surface area (Å²) >= 11 is 10.1. The van der Waals surface area contributed by atoms with E-state index in [2.05, 4.69) is 31.5 Å². The largest absolute Gasteiger partial charge is 0.347 e. The van der Waals surface area contributed by atoms with Crippen molar-refractivity contribution in [2.24, 2.45) is 11.8 Å². The van der Waals surface area contributed by atoms with Gasteiger partial charge in [-0.1, -0.05) is 25.4 Å². The smallest absolute Gasteiger partial charge is 0.297 e. The Morgan fingerprint density at radius 1 is 1.60 bits per heavy atom. The van der Waals surface area contributed by atoms with Gasteiger partial charge in [0.15, 0.2) is 0 Å². The highest BCUT2D eigenvalue weighted by atomic mass is 35.5. The van der Waals surface area contributed by atoms with Crippen LogP contribution in [0.25, 0.3) is 0 Å². The molecule has 0 aromatic carbocycles. The van der Waals surface area contributed by atoms with Gasteiger partial charge in [-0.2, -0.15) is 12.6 Å². The van der Waals surface area contributed by atoms with Crippen molar-refractivity contribution in [2.75, 3.05) is 5.75 Å². The summed E-state index contributed by atoms with van der Waals surface area (Å²) in [5, 5.41) is 0.483. The Morgan fingerprint density at radius 2 is 2.27 bits per heavy atom. The topological polar surface area (TPSA) is 34.9 Å². The second-order valence-corrected chi connectivity index (χ2v) is 4.70. The highest BCUT2D eigenvalue weighted by Crippen LogP contribution is 2.14. The molecule has 1 atom stereocenters. The monoisotopic (exact) mass is 246 g/mol. The number of rotatable bonds is 4. The number of thiol groups is 1. The number of halogens is 1. The van der Waals surface area contributed by atoms with Crippen LogP contribution in [0.1, 0.15) is 13.8 Å². The van der Waals surface area contributed by atoms with Crippen LogP contribution in [0.5, 0.6) is 0 Å². The van der Waals surface area contributed by atoms with Gasteiger partial charge in [0.25, 0.3) is 0 Å². The SMILES string of the molecule is CC(C)C(CS)Cn1cc(Cl)cnc1=O. The lowest BCUT2D eigenvalue weighted by Crippen LogP contribution is -2.28. The Bertz CT molecular complexity index is 378. The van der Waals surface area contributed by atoms with Crippen molar-refractivity contribution in [1.82, 2.24) is 9.55 Å². The standard InChI is InChI=1S/C10H15ClN2OS/c1-7(2)8(6-15)4-13-5-9(11)3-12-10(13)14/h3,5,7-8,15H,4,6H2,1-2H3. The molecule has 0 saturated carbocycles. The van der Waals surface area contributed by atoms with Gasteiger partial charge < -0.3 is 0 Å².